The van der Waals surface area contributed by atoms with Crippen molar-refractivity contribution in [3.05, 3.63) is 82.6 Å². The summed E-state index contributed by atoms with van der Waals surface area (Å²) in [6, 6.07) is 17.8. The third kappa shape index (κ3) is 5.63. The molecule has 33 heavy (non-hydrogen) atoms. The molecule has 174 valence electrons. The van der Waals surface area contributed by atoms with E-state index in [0.717, 1.165) is 44.3 Å². The van der Waals surface area contributed by atoms with Crippen molar-refractivity contribution in [3.8, 4) is 0 Å². The molecule has 0 radical (unpaired) electrons. The molecule has 2 aromatic carbocycles. The first kappa shape index (κ1) is 23.1. The Bertz CT molecular complexity index is 993. The van der Waals surface area contributed by atoms with Crippen LogP contribution in [-0.2, 0) is 22.4 Å². The summed E-state index contributed by atoms with van der Waals surface area (Å²) in [5.74, 6) is 0.242. The quantitative estimate of drug-likeness (QED) is 0.630. The number of carbonyl (C=O) groups excluding carboxylic acids is 2. The lowest BCUT2D eigenvalue weighted by atomic mass is 9.89. The zero-order valence-electron chi connectivity index (χ0n) is 19.5. The molecule has 0 spiro atoms. The Kier molecular flexibility index (Phi) is 7.45. The number of piperidine rings is 1. The van der Waals surface area contributed by atoms with Gasteiger partial charge in [-0.2, -0.15) is 0 Å². The van der Waals surface area contributed by atoms with Gasteiger partial charge < -0.3 is 15.4 Å². The molecule has 2 heterocycles. The Morgan fingerprint density at radius 2 is 1.73 bits per heavy atom. The van der Waals surface area contributed by atoms with Gasteiger partial charge in [0.2, 0.25) is 0 Å². The van der Waals surface area contributed by atoms with Crippen LogP contribution in [0.1, 0.15) is 42.5 Å². The lowest BCUT2D eigenvalue weighted by molar-refractivity contribution is -0.136. The maximum absolute atomic E-state index is 12.8. The molecule has 0 aliphatic carbocycles. The normalized spacial score (nSPS) is 19.7. The van der Waals surface area contributed by atoms with Gasteiger partial charge in [0.15, 0.2) is 0 Å². The number of ether oxygens (including phenoxy) is 1. The van der Waals surface area contributed by atoms with Gasteiger partial charge in [-0.25, -0.2) is 9.59 Å². The van der Waals surface area contributed by atoms with Gasteiger partial charge in [-0.1, -0.05) is 61.5 Å². The first-order valence-corrected chi connectivity index (χ1v) is 11.8. The number of methoxy groups -OCH3 is 1. The minimum Gasteiger partial charge on any atom is -0.466 e. The van der Waals surface area contributed by atoms with Crippen LogP contribution in [0.5, 0.6) is 0 Å². The fourth-order valence-electron chi connectivity index (χ4n) is 4.81. The minimum atomic E-state index is -0.525. The number of nitrogens with one attached hydrogen (secondary N) is 2. The van der Waals surface area contributed by atoms with Gasteiger partial charge in [0, 0.05) is 12.2 Å². The summed E-state index contributed by atoms with van der Waals surface area (Å²) in [6.07, 6.45) is 4.24. The van der Waals surface area contributed by atoms with Crippen molar-refractivity contribution < 1.29 is 14.3 Å². The number of esters is 1. The molecule has 1 saturated heterocycles. The molecule has 0 unspecified atom stereocenters. The van der Waals surface area contributed by atoms with Crippen molar-refractivity contribution in [1.82, 2.24) is 15.5 Å². The number of hydrogen-bond acceptors (Lipinski definition) is 4. The fourth-order valence-corrected chi connectivity index (χ4v) is 4.81. The first-order chi connectivity index (χ1) is 16.1. The maximum atomic E-state index is 12.8. The van der Waals surface area contributed by atoms with Crippen molar-refractivity contribution in [2.45, 2.75) is 38.6 Å². The van der Waals surface area contributed by atoms with Crippen molar-refractivity contribution in [1.29, 1.82) is 0 Å². The molecular weight excluding hydrogens is 414 g/mol. The molecule has 4 rings (SSSR count). The molecule has 2 aliphatic rings. The van der Waals surface area contributed by atoms with E-state index in [0.29, 0.717) is 23.7 Å². The molecule has 2 N–H and O–H groups in total. The van der Waals surface area contributed by atoms with E-state index in [4.69, 9.17) is 4.74 Å². The smallest absolute Gasteiger partial charge is 0.338 e. The molecule has 0 bridgehead atoms. The highest BCUT2D eigenvalue weighted by Crippen LogP contribution is 2.29. The molecule has 2 amide bonds. The molecule has 0 saturated carbocycles. The van der Waals surface area contributed by atoms with Crippen LogP contribution in [0.2, 0.25) is 0 Å². The Morgan fingerprint density at radius 3 is 2.36 bits per heavy atom. The average molecular weight is 448 g/mol. The van der Waals surface area contributed by atoms with Gasteiger partial charge in [0.1, 0.15) is 0 Å². The Labute approximate surface area is 196 Å². The monoisotopic (exact) mass is 447 g/mol. The molecule has 2 aliphatic heterocycles. The van der Waals surface area contributed by atoms with Gasteiger partial charge in [0.25, 0.3) is 0 Å². The summed E-state index contributed by atoms with van der Waals surface area (Å²) in [5.41, 5.74) is 4.58. The van der Waals surface area contributed by atoms with Crippen molar-refractivity contribution >= 4 is 12.0 Å². The predicted octanol–water partition coefficient (Wildman–Crippen LogP) is 3.98. The van der Waals surface area contributed by atoms with Gasteiger partial charge in [-0.3, -0.25) is 4.90 Å². The van der Waals surface area contributed by atoms with Crippen molar-refractivity contribution in [3.63, 3.8) is 0 Å². The molecule has 1 fully saturated rings. The van der Waals surface area contributed by atoms with Crippen LogP contribution in [0.3, 0.4) is 0 Å². The second-order valence-corrected chi connectivity index (χ2v) is 8.92. The van der Waals surface area contributed by atoms with E-state index in [1.807, 2.05) is 24.3 Å². The van der Waals surface area contributed by atoms with E-state index in [1.165, 1.54) is 18.2 Å². The van der Waals surface area contributed by atoms with Crippen molar-refractivity contribution in [2.75, 3.05) is 26.7 Å². The van der Waals surface area contributed by atoms with Crippen LogP contribution in [0.4, 0.5) is 4.79 Å². The van der Waals surface area contributed by atoms with Gasteiger partial charge >= 0.3 is 12.0 Å². The van der Waals surface area contributed by atoms with E-state index >= 15 is 0 Å². The van der Waals surface area contributed by atoms with Gasteiger partial charge in [-0.15, -0.1) is 0 Å². The highest BCUT2D eigenvalue weighted by atomic mass is 16.5. The zero-order chi connectivity index (χ0) is 23.2. The molecule has 2 aromatic rings. The van der Waals surface area contributed by atoms with E-state index in [-0.39, 0.29) is 6.03 Å². The molecule has 0 aromatic heterocycles. The molecule has 1 atom stereocenters. The van der Waals surface area contributed by atoms with Gasteiger partial charge in [-0.05, 0) is 61.4 Å². The summed E-state index contributed by atoms with van der Waals surface area (Å²) in [7, 11) is 1.38. The summed E-state index contributed by atoms with van der Waals surface area (Å²) >= 11 is 0. The second kappa shape index (κ2) is 10.7. The van der Waals surface area contributed by atoms with E-state index < -0.39 is 12.0 Å². The number of aryl methyl sites for hydroxylation is 1. The summed E-state index contributed by atoms with van der Waals surface area (Å²) in [4.78, 5) is 27.6. The largest absolute Gasteiger partial charge is 0.466 e. The Morgan fingerprint density at radius 1 is 1.03 bits per heavy atom. The standard InChI is InChI=1S/C27H33N3O3/c1-3-19-9-11-22(12-10-19)25-24(26(31)33-2)23(28-27(32)29-25)18-30-15-13-21(14-16-30)17-20-7-5-4-6-8-20/h4-12,21,25H,3,13-18H2,1-2H3,(H2,28,29,32)/t25-/m0/s1. The Hall–Kier alpha value is -3.12. The van der Waals surface area contributed by atoms with Crippen LogP contribution in [0.25, 0.3) is 0 Å². The van der Waals surface area contributed by atoms with Crippen LogP contribution < -0.4 is 10.6 Å². The van der Waals surface area contributed by atoms with Crippen LogP contribution >= 0.6 is 0 Å². The highest BCUT2D eigenvalue weighted by molar-refractivity contribution is 5.95. The highest BCUT2D eigenvalue weighted by Gasteiger charge is 2.34. The molecule has 6 nitrogen and oxygen atoms in total. The topological polar surface area (TPSA) is 70.7 Å². The number of amides is 2. The first-order valence-electron chi connectivity index (χ1n) is 11.8. The van der Waals surface area contributed by atoms with Crippen LogP contribution in [-0.4, -0.2) is 43.6 Å². The third-order valence-corrected chi connectivity index (χ3v) is 6.74. The summed E-state index contributed by atoms with van der Waals surface area (Å²) in [6.45, 7) is 4.50. The van der Waals surface area contributed by atoms with E-state index in [1.54, 1.807) is 0 Å². The van der Waals surface area contributed by atoms with Crippen molar-refractivity contribution in [2.24, 2.45) is 5.92 Å². The number of hydrogen-bond donors (Lipinski definition) is 2. The van der Waals surface area contributed by atoms with Crippen LogP contribution in [0, 0.1) is 5.92 Å². The summed E-state index contributed by atoms with van der Waals surface area (Å²) < 4.78 is 5.12. The number of likely N-dealkylation sites (tertiary alicyclic amines) is 1. The Balaban J connectivity index is 1.49. The fraction of sp³-hybridized carbons (Fsp3) is 0.407. The zero-order valence-corrected chi connectivity index (χ0v) is 19.5. The maximum Gasteiger partial charge on any atom is 0.338 e. The lowest BCUT2D eigenvalue weighted by Crippen LogP contribution is -2.49. The molecule has 6 heteroatoms. The number of benzene rings is 2. The number of nitrogens with zero attached hydrogens (tertiary/aromatic N) is 1. The van der Waals surface area contributed by atoms with Gasteiger partial charge in [0.05, 0.1) is 18.7 Å². The second-order valence-electron chi connectivity index (χ2n) is 8.92. The average Bonchev–Trinajstić information content (AvgIpc) is 2.85. The van der Waals surface area contributed by atoms with Crippen LogP contribution in [0.15, 0.2) is 65.9 Å². The predicted molar refractivity (Wildman–Crippen MR) is 129 cm³/mol. The SMILES string of the molecule is CCc1ccc([C@@H]2NC(=O)NC(CN3CCC(Cc4ccccc4)CC3)=C2C(=O)OC)cc1. The molecular formula is C27H33N3O3. The third-order valence-electron chi connectivity index (χ3n) is 6.74. The summed E-state index contributed by atoms with van der Waals surface area (Å²) in [5, 5.41) is 5.80. The van der Waals surface area contributed by atoms with E-state index in [2.05, 4.69) is 52.8 Å². The lowest BCUT2D eigenvalue weighted by Gasteiger charge is -2.35. The van der Waals surface area contributed by atoms with E-state index in [9.17, 15) is 9.59 Å². The number of carbonyl (C=O) groups is 2. The number of urea groups is 1. The number of rotatable bonds is 7. The minimum absolute atomic E-state index is 0.291.